The molecule has 0 spiro atoms. The maximum absolute atomic E-state index is 15.5. The van der Waals surface area contributed by atoms with Gasteiger partial charge >= 0.3 is 0 Å². The Hall–Kier alpha value is -7.38. The van der Waals surface area contributed by atoms with Crippen molar-refractivity contribution in [3.63, 3.8) is 0 Å². The Labute approximate surface area is 389 Å². The van der Waals surface area contributed by atoms with Crippen molar-refractivity contribution < 1.29 is 33.4 Å². The molecule has 6 aromatic rings. The summed E-state index contributed by atoms with van der Waals surface area (Å²) in [5.41, 5.74) is 3.89. The summed E-state index contributed by atoms with van der Waals surface area (Å²) in [6.07, 6.45) is 6.45. The smallest absolute Gasteiger partial charge is 0.283 e. The Bertz CT molecular complexity index is 3150. The molecule has 0 radical (unpaired) electrons. The largest absolute Gasteiger partial charge is 0.392 e. The third-order valence-corrected chi connectivity index (χ3v) is 12.9. The van der Waals surface area contributed by atoms with Gasteiger partial charge in [0.05, 0.1) is 50.0 Å². The maximum Gasteiger partial charge on any atom is 0.283 e. The van der Waals surface area contributed by atoms with Crippen LogP contribution < -0.4 is 21.8 Å². The number of rotatable bonds is 13. The number of anilines is 2. The summed E-state index contributed by atoms with van der Waals surface area (Å²) in [7, 11) is 1.59. The van der Waals surface area contributed by atoms with Gasteiger partial charge in [-0.1, -0.05) is 32.9 Å². The molecular formula is C49H51FN10O8. The van der Waals surface area contributed by atoms with Gasteiger partial charge in [-0.15, -0.1) is 0 Å². The van der Waals surface area contributed by atoms with Crippen LogP contribution in [-0.2, 0) is 64.2 Å². The highest BCUT2D eigenvalue weighted by Gasteiger charge is 2.39. The topological polar surface area (TPSA) is 216 Å². The number of nitrogens with one attached hydrogen (secondary N) is 2. The van der Waals surface area contributed by atoms with E-state index < -0.39 is 29.9 Å². The highest BCUT2D eigenvalue weighted by molar-refractivity contribution is 6.05. The van der Waals surface area contributed by atoms with Crippen LogP contribution in [0, 0.1) is 5.82 Å². The first-order chi connectivity index (χ1) is 32.6. The fourth-order valence-electron chi connectivity index (χ4n) is 9.20. The van der Waals surface area contributed by atoms with Crippen LogP contribution in [0.2, 0.25) is 0 Å². The van der Waals surface area contributed by atoms with Crippen LogP contribution in [0.5, 0.6) is 0 Å². The van der Waals surface area contributed by atoms with E-state index in [9.17, 15) is 33.9 Å². The van der Waals surface area contributed by atoms with Crippen LogP contribution in [-0.4, -0.2) is 93.4 Å². The summed E-state index contributed by atoms with van der Waals surface area (Å²) in [5.74, 6) is -1.33. The number of piperidine rings is 1. The quantitative estimate of drug-likeness (QED) is 0.110. The molecule has 7 heterocycles. The lowest BCUT2D eigenvalue weighted by molar-refractivity contribution is -0.137. The number of hydrogen-bond donors (Lipinski definition) is 3. The molecule has 4 aromatic heterocycles. The van der Waals surface area contributed by atoms with E-state index in [2.05, 4.69) is 25.8 Å². The van der Waals surface area contributed by atoms with Gasteiger partial charge in [-0.2, -0.15) is 14.9 Å². The molecule has 19 heteroatoms. The summed E-state index contributed by atoms with van der Waals surface area (Å²) >= 11 is 0. The number of benzene rings is 2. The van der Waals surface area contributed by atoms with E-state index in [4.69, 9.17) is 4.74 Å². The Kier molecular flexibility index (Phi) is 12.4. The van der Waals surface area contributed by atoms with E-state index in [0.29, 0.717) is 85.5 Å². The van der Waals surface area contributed by atoms with Crippen molar-refractivity contribution in [3.8, 4) is 16.9 Å². The van der Waals surface area contributed by atoms with E-state index in [1.165, 1.54) is 23.0 Å². The lowest BCUT2D eigenvalue weighted by atomic mass is 9.86. The first-order valence-electron chi connectivity index (χ1n) is 22.6. The van der Waals surface area contributed by atoms with Gasteiger partial charge in [0.25, 0.3) is 17.0 Å². The number of nitrogens with zero attached hydrogens (tertiary/aromatic N) is 8. The summed E-state index contributed by atoms with van der Waals surface area (Å²) < 4.78 is 25.5. The number of imide groups is 1. The zero-order chi connectivity index (χ0) is 48.0. The second-order valence-electron chi connectivity index (χ2n) is 18.4. The zero-order valence-electron chi connectivity index (χ0n) is 38.2. The second kappa shape index (κ2) is 18.4. The highest BCUT2D eigenvalue weighted by atomic mass is 19.1. The van der Waals surface area contributed by atoms with Gasteiger partial charge in [0.15, 0.2) is 11.6 Å². The first kappa shape index (κ1) is 45.8. The normalized spacial score (nSPS) is 16.0. The van der Waals surface area contributed by atoms with Gasteiger partial charge in [-0.05, 0) is 77.3 Å². The van der Waals surface area contributed by atoms with Crippen molar-refractivity contribution in [1.82, 2.24) is 44.2 Å². The molecule has 0 saturated carbocycles. The van der Waals surface area contributed by atoms with E-state index in [1.54, 1.807) is 58.1 Å². The number of aromatic nitrogens is 6. The van der Waals surface area contributed by atoms with Gasteiger partial charge in [0.2, 0.25) is 17.7 Å². The molecule has 1 saturated heterocycles. The zero-order valence-corrected chi connectivity index (χ0v) is 38.2. The van der Waals surface area contributed by atoms with Gasteiger partial charge < -0.3 is 29.5 Å². The van der Waals surface area contributed by atoms with Crippen molar-refractivity contribution in [2.24, 2.45) is 7.05 Å². The van der Waals surface area contributed by atoms with Crippen molar-refractivity contribution in [2.45, 2.75) is 90.6 Å². The molecule has 3 N–H and O–H groups in total. The first-order valence-corrected chi connectivity index (χ1v) is 22.6. The fraction of sp³-hybridized carbons (Fsp3) is 0.367. The second-order valence-corrected chi connectivity index (χ2v) is 18.4. The van der Waals surface area contributed by atoms with Gasteiger partial charge in [0, 0.05) is 73.7 Å². The Morgan fingerprint density at radius 3 is 2.60 bits per heavy atom. The van der Waals surface area contributed by atoms with Crippen molar-refractivity contribution in [3.05, 3.63) is 127 Å². The standard InChI is InChI=1S/C49H51FN10O8/c1-49(2,3)31-19-29-23-52-60(48(67)43(29)37(50)21-31)44-36(27-61)33(12-14-51-44)30-20-38(47(66)56(4)24-30)53-40-22-32-25-57(15-16-59(32)55-40)42(63)13-18-68-17-6-8-28-7-5-9-34-35(28)26-58(46(34)65)39-10-11-41(62)54-45(39)64/h5,7,9,12,14,19-24,39,61H,6,8,10-11,13,15-18,25-27H2,1-4H3,(H,53,55)(H,54,62,64). The van der Waals surface area contributed by atoms with Crippen molar-refractivity contribution >= 4 is 45.9 Å². The highest BCUT2D eigenvalue weighted by Crippen LogP contribution is 2.32. The molecule has 0 aliphatic carbocycles. The van der Waals surface area contributed by atoms with Crippen LogP contribution in [0.1, 0.15) is 84.8 Å². The van der Waals surface area contributed by atoms with Gasteiger partial charge in [0.1, 0.15) is 17.5 Å². The van der Waals surface area contributed by atoms with E-state index in [1.807, 2.05) is 32.9 Å². The molecule has 3 aliphatic heterocycles. The molecule has 0 bridgehead atoms. The SMILES string of the molecule is Cn1cc(-c2ccnc(-n3ncc4cc(C(C)(C)C)cc(F)c4c3=O)c2CO)cc(Nc2cc3n(n2)CCN(C(=O)CCOCCCc2cccc4c2CN(C2CCC(=O)NC2=O)C4=O)C3)c1=O. The molecule has 68 heavy (non-hydrogen) atoms. The van der Waals surface area contributed by atoms with Gasteiger partial charge in [-0.25, -0.2) is 9.37 Å². The van der Waals surface area contributed by atoms with Crippen LogP contribution in [0.15, 0.2) is 76.7 Å². The predicted octanol–water partition coefficient (Wildman–Crippen LogP) is 4.16. The number of pyridine rings is 2. The van der Waals surface area contributed by atoms with E-state index in [0.717, 1.165) is 21.5 Å². The number of aryl methyl sites for hydroxylation is 2. The molecule has 1 atom stereocenters. The van der Waals surface area contributed by atoms with Gasteiger partial charge in [-0.3, -0.25) is 38.8 Å². The predicted molar refractivity (Wildman–Crippen MR) is 248 cm³/mol. The third kappa shape index (κ3) is 8.81. The number of carbonyl (C=O) groups is 4. The molecule has 18 nitrogen and oxygen atoms in total. The molecular weight excluding hydrogens is 876 g/mol. The number of ether oxygens (including phenoxy) is 1. The maximum atomic E-state index is 15.5. The van der Waals surface area contributed by atoms with Crippen molar-refractivity contribution in [1.29, 1.82) is 0 Å². The molecule has 3 aliphatic rings. The molecule has 1 unspecified atom stereocenters. The van der Waals surface area contributed by atoms with Crippen LogP contribution >= 0.6 is 0 Å². The number of amides is 4. The minimum absolute atomic E-state index is 0.0142. The number of aliphatic hydroxyl groups excluding tert-OH is 1. The van der Waals surface area contributed by atoms with Crippen LogP contribution in [0.4, 0.5) is 15.9 Å². The van der Waals surface area contributed by atoms with Crippen LogP contribution in [0.3, 0.4) is 0 Å². The summed E-state index contributed by atoms with van der Waals surface area (Å²) in [6, 6.07) is 13.0. The molecule has 9 rings (SSSR count). The lowest BCUT2D eigenvalue weighted by Crippen LogP contribution is -2.52. The lowest BCUT2D eigenvalue weighted by Gasteiger charge is -2.29. The third-order valence-electron chi connectivity index (χ3n) is 12.9. The molecule has 1 fully saturated rings. The molecule has 2 aromatic carbocycles. The molecule has 4 amide bonds. The number of halogens is 1. The number of aliphatic hydroxyl groups is 1. The summed E-state index contributed by atoms with van der Waals surface area (Å²) in [5, 5.41) is 25.3. The van der Waals surface area contributed by atoms with E-state index >= 15 is 4.39 Å². The fourth-order valence-corrected chi connectivity index (χ4v) is 9.20. The average Bonchev–Trinajstić information content (AvgIpc) is 3.87. The Morgan fingerprint density at radius 2 is 1.82 bits per heavy atom. The number of hydrogen-bond acceptors (Lipinski definition) is 12. The Balaban J connectivity index is 0.816. The summed E-state index contributed by atoms with van der Waals surface area (Å²) in [4.78, 5) is 85.5. The molecule has 352 valence electrons. The monoisotopic (exact) mass is 926 g/mol. The minimum atomic E-state index is -0.733. The summed E-state index contributed by atoms with van der Waals surface area (Å²) in [6.45, 7) is 7.44. The minimum Gasteiger partial charge on any atom is -0.392 e. The average molecular weight is 927 g/mol. The van der Waals surface area contributed by atoms with Crippen molar-refractivity contribution in [2.75, 3.05) is 25.1 Å². The van der Waals surface area contributed by atoms with E-state index in [-0.39, 0.29) is 70.6 Å². The number of fused-ring (bicyclic) bond motifs is 3. The Morgan fingerprint density at radius 1 is 1.00 bits per heavy atom. The van der Waals surface area contributed by atoms with Crippen LogP contribution in [0.25, 0.3) is 27.7 Å². The number of carbonyl (C=O) groups excluding carboxylic acids is 4.